The van der Waals surface area contributed by atoms with E-state index in [4.69, 9.17) is 5.73 Å². The fourth-order valence-electron chi connectivity index (χ4n) is 1.93. The first kappa shape index (κ1) is 18.9. The monoisotopic (exact) mass is 298 g/mol. The Balaban J connectivity index is 0.00000361. The Morgan fingerprint density at radius 1 is 1.30 bits per heavy atom. The number of hydrogen-bond acceptors (Lipinski definition) is 2. The van der Waals surface area contributed by atoms with Gasteiger partial charge in [0.2, 0.25) is 5.91 Å². The minimum atomic E-state index is 0. The minimum absolute atomic E-state index is 0. The van der Waals surface area contributed by atoms with Crippen LogP contribution in [0.4, 0.5) is 5.69 Å². The van der Waals surface area contributed by atoms with Gasteiger partial charge in [0.25, 0.3) is 0 Å². The fraction of sp³-hybridized carbons (Fsp3) is 0.562. The van der Waals surface area contributed by atoms with E-state index in [1.165, 1.54) is 18.4 Å². The third-order valence-electron chi connectivity index (χ3n) is 3.33. The topological polar surface area (TPSA) is 46.3 Å². The molecule has 1 unspecified atom stereocenters. The lowest BCUT2D eigenvalue weighted by atomic mass is 10.1. The van der Waals surface area contributed by atoms with Gasteiger partial charge in [0.1, 0.15) is 0 Å². The van der Waals surface area contributed by atoms with Crippen molar-refractivity contribution < 1.29 is 4.79 Å². The molecule has 0 aromatic heterocycles. The van der Waals surface area contributed by atoms with Crippen molar-refractivity contribution in [1.29, 1.82) is 0 Å². The van der Waals surface area contributed by atoms with E-state index in [0.29, 0.717) is 6.42 Å². The van der Waals surface area contributed by atoms with Gasteiger partial charge < -0.3 is 10.6 Å². The third-order valence-corrected chi connectivity index (χ3v) is 3.33. The Labute approximate surface area is 128 Å². The van der Waals surface area contributed by atoms with Gasteiger partial charge in [-0.2, -0.15) is 0 Å². The number of nitrogens with two attached hydrogens (primary N) is 1. The number of benzene rings is 1. The van der Waals surface area contributed by atoms with Crippen LogP contribution in [0.3, 0.4) is 0 Å². The summed E-state index contributed by atoms with van der Waals surface area (Å²) in [5, 5.41) is 0. The Kier molecular flexibility index (Phi) is 9.26. The lowest BCUT2D eigenvalue weighted by molar-refractivity contribution is -0.118. The average Bonchev–Trinajstić information content (AvgIpc) is 2.42. The van der Waals surface area contributed by atoms with E-state index in [1.54, 1.807) is 4.90 Å². The smallest absolute Gasteiger partial charge is 0.226 e. The number of amides is 1. The molecule has 0 aliphatic rings. The molecule has 0 aliphatic carbocycles. The zero-order chi connectivity index (χ0) is 14.3. The summed E-state index contributed by atoms with van der Waals surface area (Å²) in [5.74, 6) is 0.124. The van der Waals surface area contributed by atoms with Gasteiger partial charge >= 0.3 is 0 Å². The SMILES string of the molecule is CCCCc1ccc(N(C)C(=O)CCC(C)N)cc1.Cl. The molecule has 114 valence electrons. The van der Waals surface area contributed by atoms with E-state index < -0.39 is 0 Å². The summed E-state index contributed by atoms with van der Waals surface area (Å²) in [4.78, 5) is 13.7. The van der Waals surface area contributed by atoms with E-state index in [0.717, 1.165) is 18.5 Å². The minimum Gasteiger partial charge on any atom is -0.328 e. The number of halogens is 1. The molecule has 0 aliphatic heterocycles. The quantitative estimate of drug-likeness (QED) is 0.837. The van der Waals surface area contributed by atoms with Gasteiger partial charge in [0, 0.05) is 25.2 Å². The van der Waals surface area contributed by atoms with Crippen LogP contribution in [-0.4, -0.2) is 19.0 Å². The van der Waals surface area contributed by atoms with Gasteiger partial charge in [-0.05, 0) is 43.9 Å². The number of nitrogens with zero attached hydrogens (tertiary/aromatic N) is 1. The van der Waals surface area contributed by atoms with Crippen LogP contribution in [0.1, 0.15) is 45.1 Å². The van der Waals surface area contributed by atoms with Crippen molar-refractivity contribution in [3.05, 3.63) is 29.8 Å². The molecule has 0 bridgehead atoms. The predicted octanol–water partition coefficient (Wildman–Crippen LogP) is 3.54. The molecule has 1 aromatic rings. The molecule has 0 radical (unpaired) electrons. The van der Waals surface area contributed by atoms with Crippen LogP contribution in [0.15, 0.2) is 24.3 Å². The highest BCUT2D eigenvalue weighted by Gasteiger charge is 2.11. The molecule has 1 amide bonds. The van der Waals surface area contributed by atoms with Crippen LogP contribution < -0.4 is 10.6 Å². The second-order valence-electron chi connectivity index (χ2n) is 5.24. The van der Waals surface area contributed by atoms with Crippen LogP contribution in [0.5, 0.6) is 0 Å². The molecule has 1 rings (SSSR count). The maximum atomic E-state index is 12.0. The number of rotatable bonds is 7. The van der Waals surface area contributed by atoms with Crippen LogP contribution in [0.2, 0.25) is 0 Å². The second kappa shape index (κ2) is 9.78. The number of carbonyl (C=O) groups excluding carboxylic acids is 1. The predicted molar refractivity (Wildman–Crippen MR) is 88.6 cm³/mol. The van der Waals surface area contributed by atoms with Gasteiger partial charge in [0.05, 0.1) is 0 Å². The van der Waals surface area contributed by atoms with Crippen molar-refractivity contribution in [2.75, 3.05) is 11.9 Å². The van der Waals surface area contributed by atoms with Gasteiger partial charge in [-0.3, -0.25) is 4.79 Å². The fourth-order valence-corrected chi connectivity index (χ4v) is 1.93. The van der Waals surface area contributed by atoms with Crippen molar-refractivity contribution in [3.8, 4) is 0 Å². The summed E-state index contributed by atoms with van der Waals surface area (Å²) in [5.41, 5.74) is 7.96. The number of carbonyl (C=O) groups is 1. The molecule has 0 saturated heterocycles. The lowest BCUT2D eigenvalue weighted by Gasteiger charge is -2.18. The Bertz CT molecular complexity index is 390. The van der Waals surface area contributed by atoms with E-state index in [-0.39, 0.29) is 24.4 Å². The number of anilines is 1. The summed E-state index contributed by atoms with van der Waals surface area (Å²) < 4.78 is 0. The normalized spacial score (nSPS) is 11.6. The first-order valence-corrected chi connectivity index (χ1v) is 7.15. The Morgan fingerprint density at radius 3 is 2.40 bits per heavy atom. The van der Waals surface area contributed by atoms with Gasteiger partial charge in [-0.25, -0.2) is 0 Å². The molecule has 2 N–H and O–H groups in total. The summed E-state index contributed by atoms with van der Waals surface area (Å²) >= 11 is 0. The molecule has 1 atom stereocenters. The largest absolute Gasteiger partial charge is 0.328 e. The van der Waals surface area contributed by atoms with Crippen molar-refractivity contribution in [2.45, 2.75) is 52.0 Å². The first-order valence-electron chi connectivity index (χ1n) is 7.15. The van der Waals surface area contributed by atoms with E-state index >= 15 is 0 Å². The molecule has 3 nitrogen and oxygen atoms in total. The summed E-state index contributed by atoms with van der Waals surface area (Å²) in [7, 11) is 1.82. The average molecular weight is 299 g/mol. The standard InChI is InChI=1S/C16H26N2O.ClH/c1-4-5-6-14-8-10-15(11-9-14)18(3)16(19)12-7-13(2)17;/h8-11,13H,4-7,12,17H2,1-3H3;1H. The molecule has 20 heavy (non-hydrogen) atoms. The molecule has 0 spiro atoms. The molecule has 4 heteroatoms. The maximum Gasteiger partial charge on any atom is 0.226 e. The zero-order valence-electron chi connectivity index (χ0n) is 12.8. The Morgan fingerprint density at radius 2 is 1.90 bits per heavy atom. The lowest BCUT2D eigenvalue weighted by Crippen LogP contribution is -2.28. The highest BCUT2D eigenvalue weighted by molar-refractivity contribution is 5.92. The summed E-state index contributed by atoms with van der Waals surface area (Å²) in [6.07, 6.45) is 4.77. The molecular formula is C16H27ClN2O. The molecule has 1 aromatic carbocycles. The molecule has 0 fully saturated rings. The molecule has 0 saturated carbocycles. The highest BCUT2D eigenvalue weighted by atomic mass is 35.5. The number of hydrogen-bond donors (Lipinski definition) is 1. The van der Waals surface area contributed by atoms with Crippen LogP contribution in [0, 0.1) is 0 Å². The summed E-state index contributed by atoms with van der Waals surface area (Å²) in [6.45, 7) is 4.12. The van der Waals surface area contributed by atoms with Gasteiger partial charge in [0.15, 0.2) is 0 Å². The van der Waals surface area contributed by atoms with Crippen molar-refractivity contribution >= 4 is 24.0 Å². The van der Waals surface area contributed by atoms with Crippen LogP contribution >= 0.6 is 12.4 Å². The van der Waals surface area contributed by atoms with Crippen molar-refractivity contribution in [1.82, 2.24) is 0 Å². The first-order chi connectivity index (χ1) is 9.04. The van der Waals surface area contributed by atoms with Gasteiger partial charge in [-0.1, -0.05) is 25.5 Å². The maximum absolute atomic E-state index is 12.0. The third kappa shape index (κ3) is 6.40. The van der Waals surface area contributed by atoms with Crippen molar-refractivity contribution in [2.24, 2.45) is 5.73 Å². The van der Waals surface area contributed by atoms with E-state index in [2.05, 4.69) is 19.1 Å². The van der Waals surface area contributed by atoms with Gasteiger partial charge in [-0.15, -0.1) is 12.4 Å². The molecular weight excluding hydrogens is 272 g/mol. The highest BCUT2D eigenvalue weighted by Crippen LogP contribution is 2.16. The van der Waals surface area contributed by atoms with E-state index in [1.807, 2.05) is 26.1 Å². The van der Waals surface area contributed by atoms with E-state index in [9.17, 15) is 4.79 Å². The number of unbranched alkanes of at least 4 members (excludes halogenated alkanes) is 1. The molecule has 0 heterocycles. The Hall–Kier alpha value is -1.06. The van der Waals surface area contributed by atoms with Crippen LogP contribution in [0.25, 0.3) is 0 Å². The summed E-state index contributed by atoms with van der Waals surface area (Å²) in [6, 6.07) is 8.35. The van der Waals surface area contributed by atoms with Crippen molar-refractivity contribution in [3.63, 3.8) is 0 Å². The zero-order valence-corrected chi connectivity index (χ0v) is 13.6. The van der Waals surface area contributed by atoms with Crippen LogP contribution in [-0.2, 0) is 11.2 Å². The second-order valence-corrected chi connectivity index (χ2v) is 5.24. The number of aryl methyl sites for hydroxylation is 1.